The zero-order valence-corrected chi connectivity index (χ0v) is 24.5. The summed E-state index contributed by atoms with van der Waals surface area (Å²) in [6.45, 7) is 6.11. The molecule has 0 saturated carbocycles. The summed E-state index contributed by atoms with van der Waals surface area (Å²) in [5.41, 5.74) is 0. The third-order valence-electron chi connectivity index (χ3n) is 7.73. The number of hydrogen-bond donors (Lipinski definition) is 0. The molecule has 1 atom stereocenters. The fraction of sp³-hybridized carbons (Fsp3) is 0.939. The van der Waals surface area contributed by atoms with E-state index < -0.39 is 0 Å². The Labute approximate surface area is 226 Å². The van der Waals surface area contributed by atoms with Crippen molar-refractivity contribution >= 4 is 0 Å². The lowest BCUT2D eigenvalue weighted by molar-refractivity contribution is -0.183. The highest BCUT2D eigenvalue weighted by Crippen LogP contribution is 2.35. The third-order valence-corrected chi connectivity index (χ3v) is 7.73. The van der Waals surface area contributed by atoms with Gasteiger partial charge in [0.2, 0.25) is 0 Å². The molecule has 212 valence electrons. The predicted molar refractivity (Wildman–Crippen MR) is 155 cm³/mol. The SMILES string of the molecule is C#CCOCC1COC(CCCCCCCCCCCCC)(CCCCCCCCCCCCC)O1. The summed E-state index contributed by atoms with van der Waals surface area (Å²) in [6.07, 6.45) is 37.5. The van der Waals surface area contributed by atoms with Gasteiger partial charge in [-0.1, -0.05) is 148 Å². The average molecular weight is 507 g/mol. The average Bonchev–Trinajstić information content (AvgIpc) is 3.29. The van der Waals surface area contributed by atoms with E-state index in [2.05, 4.69) is 19.8 Å². The molecule has 0 spiro atoms. The quantitative estimate of drug-likeness (QED) is 0.0819. The van der Waals surface area contributed by atoms with Gasteiger partial charge in [-0.3, -0.25) is 0 Å². The molecule has 36 heavy (non-hydrogen) atoms. The van der Waals surface area contributed by atoms with Crippen LogP contribution < -0.4 is 0 Å². The minimum atomic E-state index is -0.386. The molecule has 0 aliphatic carbocycles. The van der Waals surface area contributed by atoms with Gasteiger partial charge in [0.1, 0.15) is 12.7 Å². The summed E-state index contributed by atoms with van der Waals surface area (Å²) in [5, 5.41) is 0. The predicted octanol–water partition coefficient (Wildman–Crippen LogP) is 10.2. The van der Waals surface area contributed by atoms with Crippen LogP contribution in [0.15, 0.2) is 0 Å². The first-order chi connectivity index (χ1) is 17.8. The maximum atomic E-state index is 6.46. The highest BCUT2D eigenvalue weighted by molar-refractivity contribution is 4.84. The molecule has 0 amide bonds. The third kappa shape index (κ3) is 18.6. The second-order valence-corrected chi connectivity index (χ2v) is 11.3. The number of terminal acetylenes is 1. The zero-order chi connectivity index (χ0) is 26.0. The van der Waals surface area contributed by atoms with Gasteiger partial charge in [-0.05, 0) is 12.8 Å². The lowest BCUT2D eigenvalue weighted by Crippen LogP contribution is -2.32. The lowest BCUT2D eigenvalue weighted by atomic mass is 9.98. The monoisotopic (exact) mass is 506 g/mol. The Balaban J connectivity index is 2.18. The molecule has 1 saturated heterocycles. The molecule has 0 aromatic rings. The van der Waals surface area contributed by atoms with Gasteiger partial charge in [0.25, 0.3) is 0 Å². The Hall–Kier alpha value is -0.560. The van der Waals surface area contributed by atoms with Crippen molar-refractivity contribution in [1.82, 2.24) is 0 Å². The standard InChI is InChI=1S/C33H62O3/c1-4-7-9-11-13-15-17-19-21-23-25-27-33(35-31-32(36-33)30-34-29-6-3)28-26-24-22-20-18-16-14-12-10-8-5-2/h3,32H,4-5,7-31H2,1-2H3. The van der Waals surface area contributed by atoms with Crippen LogP contribution >= 0.6 is 0 Å². The minimum Gasteiger partial charge on any atom is -0.366 e. The summed E-state index contributed by atoms with van der Waals surface area (Å²) in [5.74, 6) is 2.16. The van der Waals surface area contributed by atoms with E-state index >= 15 is 0 Å². The van der Waals surface area contributed by atoms with Gasteiger partial charge in [0.15, 0.2) is 5.79 Å². The van der Waals surface area contributed by atoms with Gasteiger partial charge in [0.05, 0.1) is 13.2 Å². The normalized spacial score (nSPS) is 17.0. The Morgan fingerprint density at radius 1 is 0.639 bits per heavy atom. The Morgan fingerprint density at radius 2 is 1.03 bits per heavy atom. The summed E-state index contributed by atoms with van der Waals surface area (Å²) in [7, 11) is 0. The first-order valence-corrected chi connectivity index (χ1v) is 16.1. The van der Waals surface area contributed by atoms with Crippen LogP contribution in [0, 0.1) is 12.3 Å². The van der Waals surface area contributed by atoms with E-state index in [4.69, 9.17) is 20.6 Å². The van der Waals surface area contributed by atoms with Gasteiger partial charge in [-0.25, -0.2) is 0 Å². The molecular formula is C33H62O3. The fourth-order valence-corrected chi connectivity index (χ4v) is 5.45. The Morgan fingerprint density at radius 3 is 1.42 bits per heavy atom. The Bertz CT molecular complexity index is 472. The van der Waals surface area contributed by atoms with Gasteiger partial charge in [-0.2, -0.15) is 0 Å². The van der Waals surface area contributed by atoms with Crippen molar-refractivity contribution in [2.75, 3.05) is 19.8 Å². The molecule has 1 rings (SSSR count). The number of rotatable bonds is 27. The summed E-state index contributed by atoms with van der Waals surface area (Å²) in [4.78, 5) is 0. The van der Waals surface area contributed by atoms with E-state index in [0.29, 0.717) is 19.8 Å². The molecule has 0 aromatic heterocycles. The van der Waals surface area contributed by atoms with E-state index in [1.165, 1.54) is 141 Å². The first kappa shape index (κ1) is 33.5. The van der Waals surface area contributed by atoms with Crippen molar-refractivity contribution < 1.29 is 14.2 Å². The van der Waals surface area contributed by atoms with E-state index in [-0.39, 0.29) is 11.9 Å². The van der Waals surface area contributed by atoms with Crippen LogP contribution in [0.2, 0.25) is 0 Å². The Kier molecular flexibility index (Phi) is 23.0. The number of hydrogen-bond acceptors (Lipinski definition) is 3. The van der Waals surface area contributed by atoms with Gasteiger partial charge in [0, 0.05) is 12.8 Å². The molecule has 1 unspecified atom stereocenters. The van der Waals surface area contributed by atoms with Crippen molar-refractivity contribution in [3.63, 3.8) is 0 Å². The molecule has 0 bridgehead atoms. The van der Waals surface area contributed by atoms with Crippen molar-refractivity contribution in [1.29, 1.82) is 0 Å². The molecular weight excluding hydrogens is 444 g/mol. The van der Waals surface area contributed by atoms with E-state index in [9.17, 15) is 0 Å². The molecule has 1 aliphatic heterocycles. The minimum absolute atomic E-state index is 0.0266. The van der Waals surface area contributed by atoms with Gasteiger partial charge in [-0.15, -0.1) is 6.42 Å². The maximum absolute atomic E-state index is 6.46. The molecule has 3 heteroatoms. The summed E-state index contributed by atoms with van der Waals surface area (Å²) in [6, 6.07) is 0. The molecule has 0 aromatic carbocycles. The molecule has 3 nitrogen and oxygen atoms in total. The number of ether oxygens (including phenoxy) is 3. The maximum Gasteiger partial charge on any atom is 0.169 e. The van der Waals surface area contributed by atoms with Crippen LogP contribution in [0.25, 0.3) is 0 Å². The van der Waals surface area contributed by atoms with Crippen LogP contribution in [0.4, 0.5) is 0 Å². The van der Waals surface area contributed by atoms with E-state index in [1.807, 2.05) is 0 Å². The second kappa shape index (κ2) is 24.8. The highest BCUT2D eigenvalue weighted by atomic mass is 16.7. The van der Waals surface area contributed by atoms with Crippen molar-refractivity contribution in [2.45, 2.75) is 180 Å². The smallest absolute Gasteiger partial charge is 0.169 e. The van der Waals surface area contributed by atoms with Crippen LogP contribution in [-0.2, 0) is 14.2 Å². The van der Waals surface area contributed by atoms with Gasteiger partial charge < -0.3 is 14.2 Å². The van der Waals surface area contributed by atoms with E-state index in [1.54, 1.807) is 0 Å². The molecule has 0 radical (unpaired) electrons. The van der Waals surface area contributed by atoms with Crippen LogP contribution in [0.5, 0.6) is 0 Å². The van der Waals surface area contributed by atoms with Crippen molar-refractivity contribution in [2.24, 2.45) is 0 Å². The second-order valence-electron chi connectivity index (χ2n) is 11.3. The highest BCUT2D eigenvalue weighted by Gasteiger charge is 2.40. The fourth-order valence-electron chi connectivity index (χ4n) is 5.45. The zero-order valence-electron chi connectivity index (χ0n) is 24.5. The van der Waals surface area contributed by atoms with Gasteiger partial charge >= 0.3 is 0 Å². The van der Waals surface area contributed by atoms with Crippen LogP contribution in [0.3, 0.4) is 0 Å². The van der Waals surface area contributed by atoms with Crippen LogP contribution in [0.1, 0.15) is 168 Å². The first-order valence-electron chi connectivity index (χ1n) is 16.1. The lowest BCUT2D eigenvalue weighted by Gasteiger charge is -2.28. The number of unbranched alkanes of at least 4 members (excludes halogenated alkanes) is 20. The van der Waals surface area contributed by atoms with Crippen molar-refractivity contribution in [3.05, 3.63) is 0 Å². The topological polar surface area (TPSA) is 27.7 Å². The summed E-state index contributed by atoms with van der Waals surface area (Å²) >= 11 is 0. The summed E-state index contributed by atoms with van der Waals surface area (Å²) < 4.78 is 18.3. The molecule has 1 aliphatic rings. The van der Waals surface area contributed by atoms with Crippen LogP contribution in [-0.4, -0.2) is 31.7 Å². The molecule has 1 heterocycles. The molecule has 1 fully saturated rings. The molecule has 0 N–H and O–H groups in total. The largest absolute Gasteiger partial charge is 0.366 e. The van der Waals surface area contributed by atoms with E-state index in [0.717, 1.165) is 12.8 Å². The van der Waals surface area contributed by atoms with Crippen molar-refractivity contribution in [3.8, 4) is 12.3 Å².